The SMILES string of the molecule is Cc1ccc(-n2c(S[C@@H](C)C(=O)N3CCOCC3)nc3sc4c(c3c2=O)C[C@H](C(C)C)OC4)cc1. The van der Waals surface area contributed by atoms with Crippen molar-refractivity contribution in [1.29, 1.82) is 0 Å². The van der Waals surface area contributed by atoms with E-state index in [0.29, 0.717) is 49.4 Å². The molecule has 0 N–H and O–H groups in total. The standard InChI is InChI=1S/C26H31N3O4S2/c1-15(2)20-13-19-21(14-33-20)35-23-22(19)25(31)29(18-7-5-16(3)6-8-18)26(27-23)34-17(4)24(30)28-9-11-32-12-10-28/h5-8,15,17,20H,9-14H2,1-4H3/t17-,20+/m0/s1. The van der Waals surface area contributed by atoms with Crippen LogP contribution in [0.25, 0.3) is 15.9 Å². The van der Waals surface area contributed by atoms with E-state index in [0.717, 1.165) is 32.9 Å². The topological polar surface area (TPSA) is 73.7 Å². The van der Waals surface area contributed by atoms with Gasteiger partial charge in [0, 0.05) is 24.4 Å². The van der Waals surface area contributed by atoms with Crippen LogP contribution in [0.3, 0.4) is 0 Å². The van der Waals surface area contributed by atoms with Gasteiger partial charge in [-0.25, -0.2) is 4.98 Å². The highest BCUT2D eigenvalue weighted by atomic mass is 32.2. The summed E-state index contributed by atoms with van der Waals surface area (Å²) in [5, 5.41) is 0.855. The molecule has 2 aliphatic rings. The number of hydrogen-bond acceptors (Lipinski definition) is 7. The molecule has 186 valence electrons. The summed E-state index contributed by atoms with van der Waals surface area (Å²) >= 11 is 2.88. The number of amides is 1. The smallest absolute Gasteiger partial charge is 0.267 e. The number of carbonyl (C=O) groups excluding carboxylic acids is 1. The molecule has 0 saturated carbocycles. The molecular formula is C26H31N3O4S2. The Hall–Kier alpha value is -2.20. The van der Waals surface area contributed by atoms with E-state index in [1.54, 1.807) is 4.57 Å². The van der Waals surface area contributed by atoms with Crippen molar-refractivity contribution in [3.05, 3.63) is 50.6 Å². The monoisotopic (exact) mass is 513 g/mol. The summed E-state index contributed by atoms with van der Waals surface area (Å²) in [6.07, 6.45) is 0.809. The molecule has 0 aliphatic carbocycles. The molecule has 5 rings (SSSR count). The third-order valence-corrected chi connectivity index (χ3v) is 8.84. The molecule has 3 aromatic rings. The Bertz CT molecular complexity index is 1290. The first kappa shape index (κ1) is 24.5. The normalized spacial score (nSPS) is 19.2. The van der Waals surface area contributed by atoms with Gasteiger partial charge in [-0.05, 0) is 37.5 Å². The maximum atomic E-state index is 14.1. The lowest BCUT2D eigenvalue weighted by molar-refractivity contribution is -0.134. The number of aryl methyl sites for hydroxylation is 1. The second kappa shape index (κ2) is 10.0. The van der Waals surface area contributed by atoms with Gasteiger partial charge in [-0.1, -0.05) is 43.3 Å². The molecule has 2 aromatic heterocycles. The predicted molar refractivity (Wildman–Crippen MR) is 140 cm³/mol. The fraction of sp³-hybridized carbons (Fsp3) is 0.500. The lowest BCUT2D eigenvalue weighted by Gasteiger charge is -2.29. The molecule has 2 atom stereocenters. The van der Waals surface area contributed by atoms with Crippen molar-refractivity contribution in [2.24, 2.45) is 5.92 Å². The number of ether oxygens (including phenoxy) is 2. The van der Waals surface area contributed by atoms with Crippen LogP contribution in [0.4, 0.5) is 0 Å². The number of hydrogen-bond donors (Lipinski definition) is 0. The van der Waals surface area contributed by atoms with Gasteiger partial charge in [-0.2, -0.15) is 0 Å². The molecule has 2 aliphatic heterocycles. The summed E-state index contributed by atoms with van der Waals surface area (Å²) in [4.78, 5) is 35.8. The van der Waals surface area contributed by atoms with Crippen LogP contribution < -0.4 is 5.56 Å². The highest BCUT2D eigenvalue weighted by Crippen LogP contribution is 2.37. The first-order valence-corrected chi connectivity index (χ1v) is 13.8. The van der Waals surface area contributed by atoms with Crippen molar-refractivity contribution in [3.63, 3.8) is 0 Å². The summed E-state index contributed by atoms with van der Waals surface area (Å²) in [5.74, 6) is 0.411. The zero-order valence-electron chi connectivity index (χ0n) is 20.6. The number of thiophene rings is 1. The minimum Gasteiger partial charge on any atom is -0.378 e. The number of aromatic nitrogens is 2. The van der Waals surface area contributed by atoms with Gasteiger partial charge in [-0.15, -0.1) is 11.3 Å². The minimum absolute atomic E-state index is 0.0433. The Kier molecular flexibility index (Phi) is 7.03. The van der Waals surface area contributed by atoms with Crippen LogP contribution in [0.15, 0.2) is 34.2 Å². The van der Waals surface area contributed by atoms with Crippen LogP contribution in [0.2, 0.25) is 0 Å². The molecule has 1 amide bonds. The average Bonchev–Trinajstić information content (AvgIpc) is 3.23. The average molecular weight is 514 g/mol. The first-order valence-electron chi connectivity index (χ1n) is 12.1. The van der Waals surface area contributed by atoms with Crippen molar-refractivity contribution in [3.8, 4) is 5.69 Å². The molecular weight excluding hydrogens is 482 g/mol. The second-order valence-electron chi connectivity index (χ2n) is 9.55. The molecule has 0 radical (unpaired) electrons. The quantitative estimate of drug-likeness (QED) is 0.376. The third-order valence-electron chi connectivity index (χ3n) is 6.70. The van der Waals surface area contributed by atoms with Gasteiger partial charge >= 0.3 is 0 Å². The van der Waals surface area contributed by atoms with Crippen molar-refractivity contribution >= 4 is 39.2 Å². The van der Waals surface area contributed by atoms with Gasteiger partial charge in [0.2, 0.25) is 5.91 Å². The number of morpholine rings is 1. The molecule has 1 saturated heterocycles. The highest BCUT2D eigenvalue weighted by molar-refractivity contribution is 8.00. The number of benzene rings is 1. The highest BCUT2D eigenvalue weighted by Gasteiger charge is 2.30. The molecule has 0 spiro atoms. The second-order valence-corrected chi connectivity index (χ2v) is 11.9. The van der Waals surface area contributed by atoms with Crippen LogP contribution >= 0.6 is 23.1 Å². The van der Waals surface area contributed by atoms with Gasteiger partial charge in [0.15, 0.2) is 5.16 Å². The fourth-order valence-corrected chi connectivity index (χ4v) is 6.76. The van der Waals surface area contributed by atoms with E-state index in [1.165, 1.54) is 23.1 Å². The van der Waals surface area contributed by atoms with Gasteiger partial charge < -0.3 is 14.4 Å². The molecule has 4 heterocycles. The van der Waals surface area contributed by atoms with E-state index in [1.807, 2.05) is 43.0 Å². The van der Waals surface area contributed by atoms with Gasteiger partial charge in [-0.3, -0.25) is 14.2 Å². The third kappa shape index (κ3) is 4.79. The number of thioether (sulfide) groups is 1. The van der Waals surface area contributed by atoms with Gasteiger partial charge in [0.05, 0.1) is 42.2 Å². The Morgan fingerprint density at radius 3 is 2.57 bits per heavy atom. The Morgan fingerprint density at radius 2 is 1.89 bits per heavy atom. The number of carbonyl (C=O) groups is 1. The number of nitrogens with zero attached hydrogens (tertiary/aromatic N) is 3. The predicted octanol–water partition coefficient (Wildman–Crippen LogP) is 4.19. The largest absolute Gasteiger partial charge is 0.378 e. The van der Waals surface area contributed by atoms with E-state index in [4.69, 9.17) is 14.5 Å². The molecule has 0 bridgehead atoms. The van der Waals surface area contributed by atoms with Crippen LogP contribution in [-0.2, 0) is 27.3 Å². The van der Waals surface area contributed by atoms with E-state index in [-0.39, 0.29) is 22.8 Å². The Balaban J connectivity index is 1.60. The number of fused-ring (bicyclic) bond motifs is 3. The van der Waals surface area contributed by atoms with Crippen molar-refractivity contribution < 1.29 is 14.3 Å². The Labute approximate surface area is 213 Å². The molecule has 9 heteroatoms. The van der Waals surface area contributed by atoms with Crippen molar-refractivity contribution in [2.45, 2.75) is 57.2 Å². The van der Waals surface area contributed by atoms with E-state index < -0.39 is 0 Å². The maximum absolute atomic E-state index is 14.1. The van der Waals surface area contributed by atoms with E-state index in [9.17, 15) is 9.59 Å². The number of rotatable bonds is 5. The molecule has 1 fully saturated rings. The van der Waals surface area contributed by atoms with Crippen LogP contribution in [0.5, 0.6) is 0 Å². The first-order chi connectivity index (χ1) is 16.8. The molecule has 35 heavy (non-hydrogen) atoms. The van der Waals surface area contributed by atoms with Crippen molar-refractivity contribution in [1.82, 2.24) is 14.5 Å². The van der Waals surface area contributed by atoms with Gasteiger partial charge in [0.1, 0.15) is 4.83 Å². The van der Waals surface area contributed by atoms with Crippen LogP contribution in [0, 0.1) is 12.8 Å². The summed E-state index contributed by atoms with van der Waals surface area (Å²) < 4.78 is 13.1. The lowest BCUT2D eigenvalue weighted by Crippen LogP contribution is -2.44. The summed E-state index contributed by atoms with van der Waals surface area (Å²) in [7, 11) is 0. The minimum atomic E-state index is -0.377. The molecule has 0 unspecified atom stereocenters. The summed E-state index contributed by atoms with van der Waals surface area (Å²) in [5.41, 5.74) is 2.87. The summed E-state index contributed by atoms with van der Waals surface area (Å²) in [6.45, 7) is 11.0. The van der Waals surface area contributed by atoms with E-state index in [2.05, 4.69) is 13.8 Å². The van der Waals surface area contributed by atoms with Gasteiger partial charge in [0.25, 0.3) is 5.56 Å². The van der Waals surface area contributed by atoms with Crippen LogP contribution in [-0.4, -0.2) is 58.0 Å². The zero-order chi connectivity index (χ0) is 24.7. The lowest BCUT2D eigenvalue weighted by atomic mass is 9.96. The molecule has 1 aromatic carbocycles. The maximum Gasteiger partial charge on any atom is 0.267 e. The Morgan fingerprint density at radius 1 is 1.17 bits per heavy atom. The van der Waals surface area contributed by atoms with E-state index >= 15 is 0 Å². The summed E-state index contributed by atoms with van der Waals surface area (Å²) in [6, 6.07) is 7.88. The molecule has 7 nitrogen and oxygen atoms in total. The van der Waals surface area contributed by atoms with Crippen LogP contribution in [0.1, 0.15) is 36.8 Å². The fourth-order valence-electron chi connectivity index (χ4n) is 4.59. The van der Waals surface area contributed by atoms with Crippen molar-refractivity contribution in [2.75, 3.05) is 26.3 Å². The zero-order valence-corrected chi connectivity index (χ0v) is 22.2.